The van der Waals surface area contributed by atoms with Gasteiger partial charge in [0, 0.05) is 31.9 Å². The molecule has 0 saturated heterocycles. The van der Waals surface area contributed by atoms with E-state index in [1.165, 1.54) is 0 Å². The Morgan fingerprint density at radius 1 is 1.31 bits per heavy atom. The number of hydrogen-bond donors (Lipinski definition) is 1. The Kier molecular flexibility index (Phi) is 4.83. The topological polar surface area (TPSA) is 32.3 Å². The van der Waals surface area contributed by atoms with Gasteiger partial charge in [-0.2, -0.15) is 0 Å². The zero-order valence-electron chi connectivity index (χ0n) is 10.3. The van der Waals surface area contributed by atoms with Gasteiger partial charge in [-0.25, -0.2) is 0 Å². The van der Waals surface area contributed by atoms with Gasteiger partial charge in [0.1, 0.15) is 0 Å². The van der Waals surface area contributed by atoms with E-state index in [9.17, 15) is 4.79 Å². The van der Waals surface area contributed by atoms with Crippen molar-refractivity contribution in [2.75, 3.05) is 26.0 Å². The molecule has 1 N–H and O–H groups in total. The number of carbonyl (C=O) groups is 1. The van der Waals surface area contributed by atoms with Crippen LogP contribution in [-0.4, -0.2) is 31.4 Å². The van der Waals surface area contributed by atoms with Crippen LogP contribution in [0.4, 0.5) is 5.69 Å². The molecule has 3 nitrogen and oxygen atoms in total. The van der Waals surface area contributed by atoms with Gasteiger partial charge in [-0.15, -0.1) is 0 Å². The molecule has 0 aliphatic heterocycles. The second-order valence-electron chi connectivity index (χ2n) is 3.91. The Morgan fingerprint density at radius 3 is 2.44 bits per heavy atom. The highest BCUT2D eigenvalue weighted by Crippen LogP contribution is 2.10. The van der Waals surface area contributed by atoms with E-state index in [4.69, 9.17) is 0 Å². The third-order valence-electron chi connectivity index (χ3n) is 2.61. The molecule has 0 unspecified atom stereocenters. The Morgan fingerprint density at radius 2 is 1.94 bits per heavy atom. The van der Waals surface area contributed by atoms with Crippen LogP contribution < -0.4 is 5.32 Å². The zero-order valence-corrected chi connectivity index (χ0v) is 10.3. The molecule has 88 valence electrons. The summed E-state index contributed by atoms with van der Waals surface area (Å²) in [5, 5.41) is 3.03. The Hall–Kier alpha value is -1.51. The summed E-state index contributed by atoms with van der Waals surface area (Å²) in [4.78, 5) is 13.7. The SMILES string of the molecule is CCCCN(C)C(=O)c1ccc(NC)cc1. The molecular weight excluding hydrogens is 200 g/mol. The largest absolute Gasteiger partial charge is 0.388 e. The van der Waals surface area contributed by atoms with Gasteiger partial charge < -0.3 is 10.2 Å². The van der Waals surface area contributed by atoms with E-state index in [0.717, 1.165) is 30.6 Å². The number of nitrogens with zero attached hydrogens (tertiary/aromatic N) is 1. The minimum atomic E-state index is 0.0936. The van der Waals surface area contributed by atoms with Crippen LogP contribution >= 0.6 is 0 Å². The maximum absolute atomic E-state index is 12.0. The lowest BCUT2D eigenvalue weighted by Crippen LogP contribution is -2.27. The van der Waals surface area contributed by atoms with E-state index in [2.05, 4.69) is 12.2 Å². The number of benzene rings is 1. The minimum absolute atomic E-state index is 0.0936. The minimum Gasteiger partial charge on any atom is -0.388 e. The Balaban J connectivity index is 2.64. The van der Waals surface area contributed by atoms with Crippen molar-refractivity contribution in [3.05, 3.63) is 29.8 Å². The fourth-order valence-electron chi connectivity index (χ4n) is 1.50. The van der Waals surface area contributed by atoms with E-state index in [1.807, 2.05) is 38.4 Å². The first-order valence-corrected chi connectivity index (χ1v) is 5.72. The van der Waals surface area contributed by atoms with E-state index in [0.29, 0.717) is 0 Å². The van der Waals surface area contributed by atoms with Gasteiger partial charge in [0.15, 0.2) is 0 Å². The van der Waals surface area contributed by atoms with Crippen LogP contribution in [-0.2, 0) is 0 Å². The number of nitrogens with one attached hydrogen (secondary N) is 1. The molecule has 0 bridgehead atoms. The molecule has 0 heterocycles. The highest BCUT2D eigenvalue weighted by Gasteiger charge is 2.10. The molecule has 3 heteroatoms. The predicted octanol–water partition coefficient (Wildman–Crippen LogP) is 2.60. The van der Waals surface area contributed by atoms with Crippen molar-refractivity contribution in [2.45, 2.75) is 19.8 Å². The van der Waals surface area contributed by atoms with Gasteiger partial charge >= 0.3 is 0 Å². The lowest BCUT2D eigenvalue weighted by Gasteiger charge is -2.16. The molecule has 0 radical (unpaired) electrons. The Labute approximate surface area is 97.5 Å². The quantitative estimate of drug-likeness (QED) is 0.827. The molecule has 1 amide bonds. The third kappa shape index (κ3) is 3.26. The summed E-state index contributed by atoms with van der Waals surface area (Å²) < 4.78 is 0. The molecule has 0 aromatic heterocycles. The first-order valence-electron chi connectivity index (χ1n) is 5.72. The number of unbranched alkanes of at least 4 members (excludes halogenated alkanes) is 1. The molecule has 0 aliphatic rings. The standard InChI is InChI=1S/C13H20N2O/c1-4-5-10-15(3)13(16)11-6-8-12(14-2)9-7-11/h6-9,14H,4-5,10H2,1-3H3. The lowest BCUT2D eigenvalue weighted by molar-refractivity contribution is 0.0793. The Bertz CT molecular complexity index is 332. The smallest absolute Gasteiger partial charge is 0.253 e. The van der Waals surface area contributed by atoms with Gasteiger partial charge in [-0.1, -0.05) is 13.3 Å². The van der Waals surface area contributed by atoms with Gasteiger partial charge in [0.25, 0.3) is 5.91 Å². The number of anilines is 1. The summed E-state index contributed by atoms with van der Waals surface area (Å²) >= 11 is 0. The molecule has 0 saturated carbocycles. The zero-order chi connectivity index (χ0) is 12.0. The third-order valence-corrected chi connectivity index (χ3v) is 2.61. The van der Waals surface area contributed by atoms with Crippen LogP contribution in [0.5, 0.6) is 0 Å². The molecule has 16 heavy (non-hydrogen) atoms. The molecule has 1 aromatic rings. The molecule has 1 rings (SSSR count). The van der Waals surface area contributed by atoms with Crippen LogP contribution in [0.1, 0.15) is 30.1 Å². The maximum Gasteiger partial charge on any atom is 0.253 e. The van der Waals surface area contributed by atoms with Crippen molar-refractivity contribution in [1.29, 1.82) is 0 Å². The molecule has 1 aromatic carbocycles. The highest BCUT2D eigenvalue weighted by molar-refractivity contribution is 5.94. The maximum atomic E-state index is 12.0. The summed E-state index contributed by atoms with van der Waals surface area (Å²) in [6, 6.07) is 7.55. The first-order chi connectivity index (χ1) is 7.69. The van der Waals surface area contributed by atoms with Gasteiger partial charge in [0.2, 0.25) is 0 Å². The van der Waals surface area contributed by atoms with Crippen molar-refractivity contribution in [3.8, 4) is 0 Å². The van der Waals surface area contributed by atoms with Crippen LogP contribution in [0, 0.1) is 0 Å². The van der Waals surface area contributed by atoms with Crippen LogP contribution in [0.15, 0.2) is 24.3 Å². The summed E-state index contributed by atoms with van der Waals surface area (Å²) in [5.74, 6) is 0.0936. The number of carbonyl (C=O) groups excluding carboxylic acids is 1. The van der Waals surface area contributed by atoms with Gasteiger partial charge in [-0.05, 0) is 30.7 Å². The number of amides is 1. The summed E-state index contributed by atoms with van der Waals surface area (Å²) in [6.45, 7) is 2.95. The van der Waals surface area contributed by atoms with Crippen molar-refractivity contribution in [3.63, 3.8) is 0 Å². The molecule has 0 aliphatic carbocycles. The summed E-state index contributed by atoms with van der Waals surface area (Å²) in [5.41, 5.74) is 1.77. The van der Waals surface area contributed by atoms with Crippen molar-refractivity contribution >= 4 is 11.6 Å². The lowest BCUT2D eigenvalue weighted by atomic mass is 10.2. The fraction of sp³-hybridized carbons (Fsp3) is 0.462. The van der Waals surface area contributed by atoms with Crippen molar-refractivity contribution in [1.82, 2.24) is 4.90 Å². The van der Waals surface area contributed by atoms with Gasteiger partial charge in [0.05, 0.1) is 0 Å². The molecule has 0 spiro atoms. The van der Waals surface area contributed by atoms with E-state index in [1.54, 1.807) is 4.90 Å². The molecular formula is C13H20N2O. The van der Waals surface area contributed by atoms with Crippen LogP contribution in [0.3, 0.4) is 0 Å². The summed E-state index contributed by atoms with van der Waals surface area (Å²) in [6.07, 6.45) is 2.16. The fourth-order valence-corrected chi connectivity index (χ4v) is 1.50. The summed E-state index contributed by atoms with van der Waals surface area (Å²) in [7, 11) is 3.72. The van der Waals surface area contributed by atoms with E-state index >= 15 is 0 Å². The number of hydrogen-bond acceptors (Lipinski definition) is 2. The van der Waals surface area contributed by atoms with Crippen LogP contribution in [0.2, 0.25) is 0 Å². The first kappa shape index (κ1) is 12.6. The normalized spacial score (nSPS) is 9.94. The van der Waals surface area contributed by atoms with E-state index < -0.39 is 0 Å². The molecule has 0 fully saturated rings. The second kappa shape index (κ2) is 6.16. The average Bonchev–Trinajstić information content (AvgIpc) is 2.35. The van der Waals surface area contributed by atoms with E-state index in [-0.39, 0.29) is 5.91 Å². The van der Waals surface area contributed by atoms with Crippen LogP contribution in [0.25, 0.3) is 0 Å². The average molecular weight is 220 g/mol. The highest BCUT2D eigenvalue weighted by atomic mass is 16.2. The monoisotopic (exact) mass is 220 g/mol. The molecule has 0 atom stereocenters. The van der Waals surface area contributed by atoms with Crippen molar-refractivity contribution in [2.24, 2.45) is 0 Å². The van der Waals surface area contributed by atoms with Crippen molar-refractivity contribution < 1.29 is 4.79 Å². The van der Waals surface area contributed by atoms with Gasteiger partial charge in [-0.3, -0.25) is 4.79 Å². The second-order valence-corrected chi connectivity index (χ2v) is 3.91. The predicted molar refractivity (Wildman–Crippen MR) is 67.9 cm³/mol. The number of rotatable bonds is 5.